The number of halogens is 1. The fraction of sp³-hybridized carbons (Fsp3) is 0.542. The summed E-state index contributed by atoms with van der Waals surface area (Å²) in [5, 5.41) is 5.76. The molecular weight excluding hydrogens is 460 g/mol. The lowest BCUT2D eigenvalue weighted by atomic mass is 9.88. The summed E-state index contributed by atoms with van der Waals surface area (Å²) in [5.41, 5.74) is 0.316. The van der Waals surface area contributed by atoms with Gasteiger partial charge in [0.1, 0.15) is 12.4 Å². The Hall–Kier alpha value is -2.32. The largest absolute Gasteiger partial charge is 0.445 e. The lowest BCUT2D eigenvalue weighted by molar-refractivity contribution is 0.0720. The summed E-state index contributed by atoms with van der Waals surface area (Å²) in [6.45, 7) is 9.54. The third-order valence-corrected chi connectivity index (χ3v) is 7.77. The minimum atomic E-state index is -0.580. The molecule has 2 bridgehead atoms. The summed E-state index contributed by atoms with van der Waals surface area (Å²) in [5.74, 6) is 0.842. The Morgan fingerprint density at radius 2 is 1.97 bits per heavy atom. The number of carbonyl (C=O) groups is 2. The molecule has 7 nitrogen and oxygen atoms in total. The number of hydrogen-bond acceptors (Lipinski definition) is 6. The Kier molecular flexibility index (Phi) is 6.60. The summed E-state index contributed by atoms with van der Waals surface area (Å²) in [4.78, 5) is 29.7. The van der Waals surface area contributed by atoms with E-state index in [1.54, 1.807) is 6.08 Å². The minimum Gasteiger partial charge on any atom is -0.445 e. The third kappa shape index (κ3) is 4.68. The van der Waals surface area contributed by atoms with Crippen LogP contribution in [0, 0.1) is 5.41 Å². The zero-order valence-electron chi connectivity index (χ0n) is 19.6. The van der Waals surface area contributed by atoms with E-state index in [0.29, 0.717) is 4.34 Å². The number of anilines is 2. The highest BCUT2D eigenvalue weighted by Crippen LogP contribution is 2.44. The van der Waals surface area contributed by atoms with Crippen LogP contribution in [-0.2, 0) is 4.74 Å². The molecule has 2 aromatic heterocycles. The van der Waals surface area contributed by atoms with Crippen LogP contribution in [-0.4, -0.2) is 52.4 Å². The van der Waals surface area contributed by atoms with Crippen molar-refractivity contribution in [2.45, 2.75) is 64.5 Å². The van der Waals surface area contributed by atoms with Crippen molar-refractivity contribution in [1.82, 2.24) is 14.7 Å². The summed E-state index contributed by atoms with van der Waals surface area (Å²) in [6.07, 6.45) is 4.88. The van der Waals surface area contributed by atoms with Crippen LogP contribution in [0.15, 0.2) is 30.9 Å². The summed E-state index contributed by atoms with van der Waals surface area (Å²) < 4.78 is 7.54. The molecule has 178 valence electrons. The Labute approximate surface area is 203 Å². The monoisotopic (exact) mass is 490 g/mol. The van der Waals surface area contributed by atoms with Crippen LogP contribution in [0.5, 0.6) is 0 Å². The van der Waals surface area contributed by atoms with Crippen LogP contribution in [0.3, 0.4) is 0 Å². The lowest BCUT2D eigenvalue weighted by Gasteiger charge is -2.37. The van der Waals surface area contributed by atoms with Gasteiger partial charge in [-0.1, -0.05) is 45.0 Å². The number of aromatic nitrogens is 2. The number of thiophene rings is 1. The first-order valence-corrected chi connectivity index (χ1v) is 12.5. The highest BCUT2D eigenvalue weighted by atomic mass is 35.5. The van der Waals surface area contributed by atoms with Crippen molar-refractivity contribution in [3.63, 3.8) is 0 Å². The maximum Gasteiger partial charge on any atom is 0.410 e. The Balaban J connectivity index is 1.63. The summed E-state index contributed by atoms with van der Waals surface area (Å²) in [6, 6.07) is 6.08. The van der Waals surface area contributed by atoms with E-state index < -0.39 is 5.41 Å². The standard InChI is InChI=1S/C24H31ClN4O3S/c1-6-11-32-23(31)28-16-7-8-17(28)13-15(12-16)18-14-20(27(5)21-10-9-19(25)33-21)29(26-18)22(30)24(2,3)4/h6,9-10,14-17H,1,7-8,11-13H2,2-5H3. The van der Waals surface area contributed by atoms with Crippen molar-refractivity contribution in [3.8, 4) is 0 Å². The Morgan fingerprint density at radius 1 is 1.30 bits per heavy atom. The van der Waals surface area contributed by atoms with Crippen molar-refractivity contribution in [1.29, 1.82) is 0 Å². The second kappa shape index (κ2) is 9.14. The van der Waals surface area contributed by atoms with Crippen molar-refractivity contribution >= 4 is 45.8 Å². The summed E-state index contributed by atoms with van der Waals surface area (Å²) in [7, 11) is 1.93. The van der Waals surface area contributed by atoms with Crippen LogP contribution >= 0.6 is 22.9 Å². The van der Waals surface area contributed by atoms with Crippen LogP contribution in [0.25, 0.3) is 0 Å². The summed E-state index contributed by atoms with van der Waals surface area (Å²) >= 11 is 7.62. The second-order valence-electron chi connectivity index (χ2n) is 9.86. The quantitative estimate of drug-likeness (QED) is 0.475. The molecule has 2 unspecified atom stereocenters. The molecule has 0 aromatic carbocycles. The molecule has 0 spiro atoms. The number of carbonyl (C=O) groups excluding carboxylic acids is 2. The number of nitrogens with zero attached hydrogens (tertiary/aromatic N) is 4. The van der Waals surface area contributed by atoms with Gasteiger partial charge >= 0.3 is 6.09 Å². The van der Waals surface area contributed by atoms with E-state index in [-0.39, 0.29) is 36.6 Å². The molecule has 1 amide bonds. The van der Waals surface area contributed by atoms with E-state index in [1.165, 1.54) is 16.0 Å². The number of ether oxygens (including phenoxy) is 1. The van der Waals surface area contributed by atoms with Crippen LogP contribution in [0.1, 0.15) is 62.9 Å². The first-order valence-electron chi connectivity index (χ1n) is 11.3. The SMILES string of the molecule is C=CCOC(=O)N1C2CCC1CC(c1cc(N(C)c3ccc(Cl)s3)n(C(=O)C(C)(C)C)n1)C2. The van der Waals surface area contributed by atoms with Gasteiger partial charge in [0, 0.05) is 36.5 Å². The molecule has 33 heavy (non-hydrogen) atoms. The number of piperidine rings is 1. The van der Waals surface area contributed by atoms with E-state index in [1.807, 2.05) is 55.8 Å². The van der Waals surface area contributed by atoms with Crippen molar-refractivity contribution < 1.29 is 14.3 Å². The molecule has 9 heteroatoms. The van der Waals surface area contributed by atoms with Crippen molar-refractivity contribution in [2.75, 3.05) is 18.6 Å². The average molecular weight is 491 g/mol. The first-order chi connectivity index (χ1) is 15.6. The van der Waals surface area contributed by atoms with Gasteiger partial charge in [0.25, 0.3) is 5.91 Å². The van der Waals surface area contributed by atoms with Gasteiger partial charge in [-0.25, -0.2) is 4.79 Å². The minimum absolute atomic E-state index is 0.0633. The van der Waals surface area contributed by atoms with E-state index in [0.717, 1.165) is 42.2 Å². The molecule has 2 aliphatic heterocycles. The van der Waals surface area contributed by atoms with E-state index >= 15 is 0 Å². The van der Waals surface area contributed by atoms with Gasteiger partial charge in [0.15, 0.2) is 0 Å². The van der Waals surface area contributed by atoms with Gasteiger partial charge in [0.05, 0.1) is 15.0 Å². The molecule has 4 heterocycles. The fourth-order valence-corrected chi connectivity index (χ4v) is 5.82. The smallest absolute Gasteiger partial charge is 0.410 e. The van der Waals surface area contributed by atoms with Crippen LogP contribution in [0.2, 0.25) is 4.34 Å². The number of hydrogen-bond donors (Lipinski definition) is 0. The molecule has 2 aromatic rings. The third-order valence-electron chi connectivity index (χ3n) is 6.46. The highest BCUT2D eigenvalue weighted by molar-refractivity contribution is 7.20. The van der Waals surface area contributed by atoms with E-state index in [9.17, 15) is 9.59 Å². The molecule has 2 fully saturated rings. The van der Waals surface area contributed by atoms with Crippen LogP contribution in [0.4, 0.5) is 15.6 Å². The predicted molar refractivity (Wildman–Crippen MR) is 132 cm³/mol. The molecule has 0 saturated carbocycles. The number of rotatable bonds is 5. The van der Waals surface area contributed by atoms with Gasteiger partial charge < -0.3 is 14.5 Å². The number of fused-ring (bicyclic) bond motifs is 2. The van der Waals surface area contributed by atoms with E-state index in [2.05, 4.69) is 6.58 Å². The molecule has 0 radical (unpaired) electrons. The highest BCUT2D eigenvalue weighted by Gasteiger charge is 2.45. The Bertz CT molecular complexity index is 1040. The fourth-order valence-electron chi connectivity index (χ4n) is 4.81. The molecule has 2 atom stereocenters. The van der Waals surface area contributed by atoms with Crippen molar-refractivity contribution in [2.24, 2.45) is 5.41 Å². The zero-order valence-corrected chi connectivity index (χ0v) is 21.2. The van der Waals surface area contributed by atoms with Gasteiger partial charge in [-0.05, 0) is 37.8 Å². The zero-order chi connectivity index (χ0) is 23.9. The topological polar surface area (TPSA) is 67.7 Å². The van der Waals surface area contributed by atoms with Gasteiger partial charge in [-0.3, -0.25) is 4.79 Å². The van der Waals surface area contributed by atoms with Gasteiger partial charge in [0.2, 0.25) is 0 Å². The van der Waals surface area contributed by atoms with Crippen molar-refractivity contribution in [3.05, 3.63) is 40.9 Å². The average Bonchev–Trinajstić information content (AvgIpc) is 3.46. The maximum absolute atomic E-state index is 13.3. The second-order valence-corrected chi connectivity index (χ2v) is 11.6. The van der Waals surface area contributed by atoms with E-state index in [4.69, 9.17) is 21.4 Å². The molecule has 2 aliphatic rings. The Morgan fingerprint density at radius 3 is 2.52 bits per heavy atom. The van der Waals surface area contributed by atoms with Gasteiger partial charge in [-0.15, -0.1) is 11.3 Å². The predicted octanol–water partition coefficient (Wildman–Crippen LogP) is 6.09. The molecule has 4 rings (SSSR count). The number of amides is 1. The van der Waals surface area contributed by atoms with Gasteiger partial charge in [-0.2, -0.15) is 9.78 Å². The maximum atomic E-state index is 13.3. The lowest BCUT2D eigenvalue weighted by Crippen LogP contribution is -2.46. The first kappa shape index (κ1) is 23.8. The molecular formula is C24H31ClN4O3S. The normalized spacial score (nSPS) is 22.3. The molecule has 2 saturated heterocycles. The molecule has 0 N–H and O–H groups in total. The molecule has 0 aliphatic carbocycles. The van der Waals surface area contributed by atoms with Crippen LogP contribution < -0.4 is 4.90 Å².